The summed E-state index contributed by atoms with van der Waals surface area (Å²) in [6, 6.07) is 4.00. The van der Waals surface area contributed by atoms with E-state index in [1.807, 2.05) is 0 Å². The Balaban J connectivity index is 2.47. The quantitative estimate of drug-likeness (QED) is 0.285. The average molecular weight is 306 g/mol. The minimum absolute atomic E-state index is 0.0413. The third kappa shape index (κ3) is 1.53. The molecule has 5 N–H and O–H groups in total. The molecule has 0 bridgehead atoms. The van der Waals surface area contributed by atoms with E-state index in [0.29, 0.717) is 0 Å². The predicted molar refractivity (Wildman–Crippen MR) is 74.2 cm³/mol. The Morgan fingerprint density at radius 1 is 0.905 bits per heavy atom. The number of nitrogen functional groups attached to an aromatic ring is 1. The van der Waals surface area contributed by atoms with Gasteiger partial charge in [-0.1, -0.05) is 23.7 Å². The Morgan fingerprint density at radius 3 is 2.24 bits per heavy atom. The first kappa shape index (κ1) is 13.3. The summed E-state index contributed by atoms with van der Waals surface area (Å²) in [6.45, 7) is 0. The number of aromatic hydroxyl groups is 3. The Labute approximate surface area is 123 Å². The van der Waals surface area contributed by atoms with Gasteiger partial charge in [0.25, 0.3) is 0 Å². The lowest BCUT2D eigenvalue weighted by Crippen LogP contribution is -2.23. The third-order valence-electron chi connectivity index (χ3n) is 3.39. The number of anilines is 1. The van der Waals surface area contributed by atoms with E-state index in [4.69, 9.17) is 17.3 Å². The number of carbonyl (C=O) groups excluding carboxylic acids is 2. The number of ketones is 2. The van der Waals surface area contributed by atoms with Gasteiger partial charge in [0.2, 0.25) is 5.78 Å². The average Bonchev–Trinajstić information content (AvgIpc) is 2.46. The van der Waals surface area contributed by atoms with E-state index in [-0.39, 0.29) is 22.4 Å². The van der Waals surface area contributed by atoms with Crippen molar-refractivity contribution in [2.75, 3.05) is 5.73 Å². The van der Waals surface area contributed by atoms with Crippen LogP contribution in [0.5, 0.6) is 17.2 Å². The molecule has 21 heavy (non-hydrogen) atoms. The normalized spacial score (nSPS) is 13.0. The van der Waals surface area contributed by atoms with Crippen LogP contribution in [-0.4, -0.2) is 26.9 Å². The Hall–Kier alpha value is -2.73. The maximum atomic E-state index is 12.4. The van der Waals surface area contributed by atoms with E-state index in [2.05, 4.69) is 0 Å². The highest BCUT2D eigenvalue weighted by Gasteiger charge is 2.38. The van der Waals surface area contributed by atoms with Crippen LogP contribution in [0.15, 0.2) is 18.2 Å². The molecule has 0 saturated carbocycles. The van der Waals surface area contributed by atoms with Crippen molar-refractivity contribution >= 4 is 28.9 Å². The second-order valence-corrected chi connectivity index (χ2v) is 4.91. The Morgan fingerprint density at radius 2 is 1.57 bits per heavy atom. The molecular weight excluding hydrogens is 298 g/mol. The van der Waals surface area contributed by atoms with Crippen molar-refractivity contribution in [1.29, 1.82) is 0 Å². The van der Waals surface area contributed by atoms with Crippen LogP contribution in [0.4, 0.5) is 5.69 Å². The van der Waals surface area contributed by atoms with E-state index in [1.54, 1.807) is 0 Å². The van der Waals surface area contributed by atoms with Gasteiger partial charge in [-0.25, -0.2) is 0 Å². The number of rotatable bonds is 0. The molecule has 0 unspecified atom stereocenters. The fourth-order valence-corrected chi connectivity index (χ4v) is 2.58. The minimum Gasteiger partial charge on any atom is -0.507 e. The van der Waals surface area contributed by atoms with Crippen LogP contribution in [0.25, 0.3) is 0 Å². The molecule has 0 amide bonds. The summed E-state index contributed by atoms with van der Waals surface area (Å²) in [4.78, 5) is 24.9. The molecule has 0 spiro atoms. The molecule has 0 saturated heterocycles. The molecule has 0 aliphatic heterocycles. The second kappa shape index (κ2) is 4.13. The second-order valence-electron chi connectivity index (χ2n) is 4.53. The van der Waals surface area contributed by atoms with Crippen LogP contribution in [0.3, 0.4) is 0 Å². The van der Waals surface area contributed by atoms with Gasteiger partial charge < -0.3 is 21.1 Å². The lowest BCUT2D eigenvalue weighted by atomic mass is 9.82. The molecule has 3 rings (SSSR count). The molecule has 0 fully saturated rings. The van der Waals surface area contributed by atoms with Crippen LogP contribution in [0.1, 0.15) is 31.8 Å². The summed E-state index contributed by atoms with van der Waals surface area (Å²) < 4.78 is 0. The monoisotopic (exact) mass is 305 g/mol. The molecule has 0 atom stereocenters. The van der Waals surface area contributed by atoms with Crippen LogP contribution >= 0.6 is 11.6 Å². The van der Waals surface area contributed by atoms with Gasteiger partial charge in [0.1, 0.15) is 10.8 Å². The van der Waals surface area contributed by atoms with Gasteiger partial charge in [0.15, 0.2) is 17.3 Å². The number of carbonyl (C=O) groups is 2. The number of benzene rings is 2. The number of nitrogens with two attached hydrogens (primary N) is 1. The van der Waals surface area contributed by atoms with Gasteiger partial charge in [-0.05, 0) is 6.07 Å². The molecule has 2 aromatic carbocycles. The zero-order valence-electron chi connectivity index (χ0n) is 10.3. The highest BCUT2D eigenvalue weighted by atomic mass is 35.5. The largest absolute Gasteiger partial charge is 0.507 e. The van der Waals surface area contributed by atoms with Crippen molar-refractivity contribution in [2.24, 2.45) is 0 Å². The van der Waals surface area contributed by atoms with Gasteiger partial charge in [0.05, 0.1) is 22.4 Å². The molecule has 0 aromatic heterocycles. The van der Waals surface area contributed by atoms with Crippen LogP contribution < -0.4 is 5.73 Å². The SMILES string of the molecule is Nc1c(Cl)c(O)c(O)c2c1C(=O)c1cccc(O)c1C2=O. The molecule has 2 aromatic rings. The van der Waals surface area contributed by atoms with Gasteiger partial charge in [-0.3, -0.25) is 9.59 Å². The van der Waals surface area contributed by atoms with E-state index >= 15 is 0 Å². The summed E-state index contributed by atoms with van der Waals surface area (Å²) in [5, 5.41) is 29.0. The summed E-state index contributed by atoms with van der Waals surface area (Å²) >= 11 is 5.74. The molecule has 0 radical (unpaired) electrons. The highest BCUT2D eigenvalue weighted by Crippen LogP contribution is 2.47. The molecule has 1 aliphatic rings. The number of fused-ring (bicyclic) bond motifs is 2. The van der Waals surface area contributed by atoms with Crippen molar-refractivity contribution in [1.82, 2.24) is 0 Å². The zero-order chi connectivity index (χ0) is 15.5. The van der Waals surface area contributed by atoms with Crippen LogP contribution in [0.2, 0.25) is 5.02 Å². The summed E-state index contributed by atoms with van der Waals surface area (Å²) in [5.74, 6) is -3.49. The van der Waals surface area contributed by atoms with Gasteiger partial charge in [-0.2, -0.15) is 0 Å². The molecule has 1 aliphatic carbocycles. The standard InChI is InChI=1S/C14H8ClNO5/c15-9-10(16)7-8(13(20)14(9)21)12(19)6-4(11(7)18)2-1-3-5(6)17/h1-3,17,20-21H,16H2. The van der Waals surface area contributed by atoms with E-state index in [9.17, 15) is 24.9 Å². The Bertz CT molecular complexity index is 844. The maximum Gasteiger partial charge on any atom is 0.202 e. The summed E-state index contributed by atoms with van der Waals surface area (Å²) in [7, 11) is 0. The topological polar surface area (TPSA) is 121 Å². The predicted octanol–water partition coefficient (Wildman–Crippen LogP) is 1.81. The van der Waals surface area contributed by atoms with Crippen molar-refractivity contribution in [3.63, 3.8) is 0 Å². The first-order chi connectivity index (χ1) is 9.86. The molecule has 6 nitrogen and oxygen atoms in total. The fraction of sp³-hybridized carbons (Fsp3) is 0. The smallest absolute Gasteiger partial charge is 0.202 e. The van der Waals surface area contributed by atoms with Gasteiger partial charge >= 0.3 is 0 Å². The number of hydrogen-bond donors (Lipinski definition) is 4. The maximum absolute atomic E-state index is 12.4. The number of hydrogen-bond acceptors (Lipinski definition) is 6. The van der Waals surface area contributed by atoms with Gasteiger partial charge in [0, 0.05) is 5.56 Å². The minimum atomic E-state index is -0.837. The van der Waals surface area contributed by atoms with Crippen molar-refractivity contribution < 1.29 is 24.9 Å². The molecule has 0 heterocycles. The van der Waals surface area contributed by atoms with E-state index in [0.717, 1.165) is 0 Å². The molecular formula is C14H8ClNO5. The van der Waals surface area contributed by atoms with Crippen molar-refractivity contribution in [3.05, 3.63) is 45.5 Å². The zero-order valence-corrected chi connectivity index (χ0v) is 11.1. The summed E-state index contributed by atoms with van der Waals surface area (Å²) in [5.41, 5.74) is 4.36. The summed E-state index contributed by atoms with van der Waals surface area (Å²) in [6.07, 6.45) is 0. The number of phenolic OH excluding ortho intramolecular Hbond substituents is 3. The number of halogens is 1. The van der Waals surface area contributed by atoms with Crippen LogP contribution in [0, 0.1) is 0 Å². The van der Waals surface area contributed by atoms with Crippen molar-refractivity contribution in [2.45, 2.75) is 0 Å². The first-order valence-corrected chi connectivity index (χ1v) is 6.18. The number of phenols is 3. The van der Waals surface area contributed by atoms with Crippen molar-refractivity contribution in [3.8, 4) is 17.2 Å². The highest BCUT2D eigenvalue weighted by molar-refractivity contribution is 6.39. The first-order valence-electron chi connectivity index (χ1n) is 5.80. The lowest BCUT2D eigenvalue weighted by Gasteiger charge is -2.21. The fourth-order valence-electron chi connectivity index (χ4n) is 2.40. The van der Waals surface area contributed by atoms with E-state index < -0.39 is 39.4 Å². The molecule has 106 valence electrons. The van der Waals surface area contributed by atoms with E-state index in [1.165, 1.54) is 18.2 Å². The van der Waals surface area contributed by atoms with Crippen LogP contribution in [-0.2, 0) is 0 Å². The third-order valence-corrected chi connectivity index (χ3v) is 3.78. The molecule has 7 heteroatoms. The lowest BCUT2D eigenvalue weighted by molar-refractivity contribution is 0.0974. The van der Waals surface area contributed by atoms with Gasteiger partial charge in [-0.15, -0.1) is 0 Å². The Kier molecular flexibility index (Phi) is 2.61.